The van der Waals surface area contributed by atoms with Gasteiger partial charge in [0.15, 0.2) is 11.4 Å². The number of hydrogen-bond donors (Lipinski definition) is 2. The molecular formula is C32H47N5O2. The molecule has 2 N–H and O–H groups in total. The largest absolute Gasteiger partial charge is 0.354 e. The van der Waals surface area contributed by atoms with Crippen molar-refractivity contribution in [1.82, 2.24) is 24.8 Å². The van der Waals surface area contributed by atoms with Crippen molar-refractivity contribution in [2.24, 2.45) is 5.41 Å². The van der Waals surface area contributed by atoms with Gasteiger partial charge in [-0.2, -0.15) is 0 Å². The summed E-state index contributed by atoms with van der Waals surface area (Å²) in [5.74, 6) is 0.443. The second-order valence-corrected chi connectivity index (χ2v) is 11.1. The molecule has 0 unspecified atom stereocenters. The summed E-state index contributed by atoms with van der Waals surface area (Å²) in [6.45, 7) is 16.6. The van der Waals surface area contributed by atoms with E-state index in [4.69, 9.17) is 9.47 Å². The van der Waals surface area contributed by atoms with Crippen LogP contribution in [0.4, 0.5) is 0 Å². The van der Waals surface area contributed by atoms with Gasteiger partial charge in [0.1, 0.15) is 5.82 Å². The van der Waals surface area contributed by atoms with E-state index in [0.717, 1.165) is 53.5 Å². The molecule has 1 spiro atoms. The molecule has 1 saturated carbocycles. The molecule has 4 heterocycles. The molecule has 7 heteroatoms. The number of nitrogens with one attached hydrogen (secondary N) is 2. The Bertz CT molecular complexity index is 1350. The number of ether oxygens (including phenoxy) is 2. The average molecular weight is 534 g/mol. The Morgan fingerprint density at radius 1 is 0.974 bits per heavy atom. The van der Waals surface area contributed by atoms with Crippen molar-refractivity contribution in [3.63, 3.8) is 0 Å². The van der Waals surface area contributed by atoms with Gasteiger partial charge in [-0.05, 0) is 77.3 Å². The number of fused-ring (bicyclic) bond motifs is 2. The van der Waals surface area contributed by atoms with Crippen molar-refractivity contribution in [3.8, 4) is 11.3 Å². The third-order valence-electron chi connectivity index (χ3n) is 8.01. The number of aryl methyl sites for hydroxylation is 1. The summed E-state index contributed by atoms with van der Waals surface area (Å²) in [4.78, 5) is 18.4. The molecule has 39 heavy (non-hydrogen) atoms. The highest BCUT2D eigenvalue weighted by Crippen LogP contribution is 2.42. The average Bonchev–Trinajstić information content (AvgIpc) is 3.55. The molecule has 7 nitrogen and oxygen atoms in total. The van der Waals surface area contributed by atoms with Gasteiger partial charge in [0.25, 0.3) is 0 Å². The van der Waals surface area contributed by atoms with E-state index >= 15 is 0 Å². The SMILES string of the molecule is CC.CC.Cc1nc2nccc(-c3cc4ccc(CN(C)C5CCC6(CC5)COC(C)(C)OC6)cc4[nH]3)c2[nH]1. The maximum absolute atomic E-state index is 6.00. The van der Waals surface area contributed by atoms with E-state index in [0.29, 0.717) is 6.04 Å². The van der Waals surface area contributed by atoms with Crippen LogP contribution < -0.4 is 0 Å². The number of imidazole rings is 1. The molecule has 0 bridgehead atoms. The molecule has 2 fully saturated rings. The fraction of sp³-hybridized carbons (Fsp3) is 0.562. The van der Waals surface area contributed by atoms with Crippen molar-refractivity contribution >= 4 is 22.1 Å². The first-order valence-electron chi connectivity index (χ1n) is 14.7. The van der Waals surface area contributed by atoms with Crippen LogP contribution in [-0.4, -0.2) is 56.9 Å². The van der Waals surface area contributed by atoms with Crippen LogP contribution in [0.15, 0.2) is 36.5 Å². The Balaban J connectivity index is 0.000000845. The quantitative estimate of drug-likeness (QED) is 0.282. The van der Waals surface area contributed by atoms with E-state index in [2.05, 4.69) is 56.1 Å². The fourth-order valence-electron chi connectivity index (χ4n) is 5.77. The highest BCUT2D eigenvalue weighted by atomic mass is 16.7. The van der Waals surface area contributed by atoms with Crippen molar-refractivity contribution in [1.29, 1.82) is 0 Å². The lowest BCUT2D eigenvalue weighted by molar-refractivity contribution is -0.290. The number of pyridine rings is 1. The topological polar surface area (TPSA) is 79.1 Å². The zero-order valence-electron chi connectivity index (χ0n) is 25.1. The number of H-pyrrole nitrogens is 2. The van der Waals surface area contributed by atoms with E-state index in [-0.39, 0.29) is 5.41 Å². The maximum atomic E-state index is 6.00. The second-order valence-electron chi connectivity index (χ2n) is 11.1. The lowest BCUT2D eigenvalue weighted by Crippen LogP contribution is -2.50. The van der Waals surface area contributed by atoms with E-state index in [1.165, 1.54) is 36.6 Å². The Morgan fingerprint density at radius 2 is 1.67 bits per heavy atom. The number of aromatic nitrogens is 4. The molecule has 1 aliphatic heterocycles. The minimum atomic E-state index is -0.435. The summed E-state index contributed by atoms with van der Waals surface area (Å²) in [5, 5.41) is 1.22. The molecular weight excluding hydrogens is 486 g/mol. The first-order chi connectivity index (χ1) is 18.8. The highest BCUT2D eigenvalue weighted by molar-refractivity contribution is 5.94. The third kappa shape index (κ3) is 6.37. The van der Waals surface area contributed by atoms with Gasteiger partial charge in [-0.3, -0.25) is 4.90 Å². The van der Waals surface area contributed by atoms with Crippen LogP contribution in [-0.2, 0) is 16.0 Å². The predicted molar refractivity (Wildman–Crippen MR) is 161 cm³/mol. The number of nitrogens with zero attached hydrogens (tertiary/aromatic N) is 3. The Morgan fingerprint density at radius 3 is 2.36 bits per heavy atom. The van der Waals surface area contributed by atoms with Gasteiger partial charge in [0.2, 0.25) is 0 Å². The minimum Gasteiger partial charge on any atom is -0.354 e. The molecule has 6 rings (SSSR count). The minimum absolute atomic E-state index is 0.206. The normalized spacial score (nSPS) is 18.6. The van der Waals surface area contributed by atoms with E-state index < -0.39 is 5.79 Å². The van der Waals surface area contributed by atoms with E-state index in [1.807, 2.05) is 60.7 Å². The zero-order chi connectivity index (χ0) is 28.2. The highest BCUT2D eigenvalue weighted by Gasteiger charge is 2.42. The molecule has 1 saturated heterocycles. The van der Waals surface area contributed by atoms with Crippen molar-refractivity contribution in [3.05, 3.63) is 47.9 Å². The van der Waals surface area contributed by atoms with Gasteiger partial charge in [-0.25, -0.2) is 9.97 Å². The fourth-order valence-corrected chi connectivity index (χ4v) is 5.77. The summed E-state index contributed by atoms with van der Waals surface area (Å²) in [6, 6.07) is 11.6. The van der Waals surface area contributed by atoms with Gasteiger partial charge in [-0.15, -0.1) is 0 Å². The van der Waals surface area contributed by atoms with Crippen molar-refractivity contribution in [2.45, 2.75) is 92.5 Å². The molecule has 0 radical (unpaired) electrons. The summed E-state index contributed by atoms with van der Waals surface area (Å²) >= 11 is 0. The van der Waals surface area contributed by atoms with E-state index in [1.54, 1.807) is 0 Å². The number of hydrogen-bond acceptors (Lipinski definition) is 5. The van der Waals surface area contributed by atoms with Crippen LogP contribution in [0.25, 0.3) is 33.3 Å². The molecule has 4 aromatic rings. The first-order valence-corrected chi connectivity index (χ1v) is 14.7. The van der Waals surface area contributed by atoms with E-state index in [9.17, 15) is 0 Å². The summed E-state index contributed by atoms with van der Waals surface area (Å²) in [5.41, 5.74) is 6.61. The van der Waals surface area contributed by atoms with Gasteiger partial charge in [0, 0.05) is 46.4 Å². The van der Waals surface area contributed by atoms with Crippen LogP contribution in [0.5, 0.6) is 0 Å². The predicted octanol–water partition coefficient (Wildman–Crippen LogP) is 7.61. The van der Waals surface area contributed by atoms with Crippen LogP contribution in [0.3, 0.4) is 0 Å². The van der Waals surface area contributed by atoms with Crippen LogP contribution in [0, 0.1) is 12.3 Å². The maximum Gasteiger partial charge on any atom is 0.178 e. The third-order valence-corrected chi connectivity index (χ3v) is 8.01. The van der Waals surface area contributed by atoms with Crippen LogP contribution in [0.2, 0.25) is 0 Å². The molecule has 3 aromatic heterocycles. The number of aromatic amines is 2. The van der Waals surface area contributed by atoms with Gasteiger partial charge < -0.3 is 19.4 Å². The lowest BCUT2D eigenvalue weighted by atomic mass is 9.72. The van der Waals surface area contributed by atoms with Gasteiger partial charge in [0.05, 0.1) is 18.7 Å². The van der Waals surface area contributed by atoms with Crippen molar-refractivity contribution in [2.75, 3.05) is 20.3 Å². The zero-order valence-corrected chi connectivity index (χ0v) is 25.1. The van der Waals surface area contributed by atoms with Crippen LogP contribution >= 0.6 is 0 Å². The Labute approximate surface area is 233 Å². The monoisotopic (exact) mass is 533 g/mol. The summed E-state index contributed by atoms with van der Waals surface area (Å²) < 4.78 is 12.0. The standard InChI is InChI=1S/C28H35N5O2.2C2H6/c1-18-30-25-22(9-12-29-26(25)31-18)24-14-20-6-5-19(13-23(20)32-24)15-33(4)21-7-10-28(11-8-21)16-34-27(2,3)35-17-28;2*1-2/h5-6,9,12-14,21,32H,7-8,10-11,15-17H2,1-4H3,(H,29,30,31);2*1-2H3. The molecule has 0 amide bonds. The molecule has 1 aliphatic carbocycles. The smallest absolute Gasteiger partial charge is 0.178 e. The van der Waals surface area contributed by atoms with Gasteiger partial charge in [-0.1, -0.05) is 39.8 Å². The van der Waals surface area contributed by atoms with Crippen LogP contribution in [0.1, 0.15) is 78.6 Å². The summed E-state index contributed by atoms with van der Waals surface area (Å²) in [7, 11) is 2.26. The lowest BCUT2D eigenvalue weighted by Gasteiger charge is -2.48. The molecule has 0 atom stereocenters. The molecule has 212 valence electrons. The van der Waals surface area contributed by atoms with Crippen molar-refractivity contribution < 1.29 is 9.47 Å². The Kier molecular flexibility index (Phi) is 9.14. The number of benzene rings is 1. The molecule has 1 aromatic carbocycles. The summed E-state index contributed by atoms with van der Waals surface area (Å²) in [6.07, 6.45) is 6.56. The first kappa shape index (κ1) is 29.2. The second kappa shape index (κ2) is 12.2. The van der Waals surface area contributed by atoms with Gasteiger partial charge >= 0.3 is 0 Å². The molecule has 2 aliphatic rings. The number of rotatable bonds is 4. The Hall–Kier alpha value is -2.74.